The zero-order valence-corrected chi connectivity index (χ0v) is 15.5. The maximum Gasteiger partial charge on any atom is 0.252 e. The molecule has 1 unspecified atom stereocenters. The van der Waals surface area contributed by atoms with Crippen LogP contribution in [0.15, 0.2) is 26.2 Å². The van der Waals surface area contributed by atoms with Crippen LogP contribution in [0, 0.1) is 0 Å². The summed E-state index contributed by atoms with van der Waals surface area (Å²) in [5.41, 5.74) is 0. The van der Waals surface area contributed by atoms with Crippen molar-refractivity contribution < 1.29 is 17.7 Å². The number of hydrogen-bond acceptors (Lipinski definition) is 7. The lowest BCUT2D eigenvalue weighted by atomic mass is 10.1. The first kappa shape index (κ1) is 17.1. The van der Waals surface area contributed by atoms with Gasteiger partial charge in [-0.25, -0.2) is 8.42 Å². The molecular weight excluding hydrogens is 362 g/mol. The van der Waals surface area contributed by atoms with Gasteiger partial charge in [-0.3, -0.25) is 0 Å². The Balaban J connectivity index is 1.29. The van der Waals surface area contributed by atoms with Crippen LogP contribution < -0.4 is 0 Å². The first-order valence-corrected chi connectivity index (χ1v) is 10.9. The number of aromatic nitrogens is 2. The van der Waals surface area contributed by atoms with E-state index in [1.807, 2.05) is 0 Å². The average molecular weight is 383 g/mol. The van der Waals surface area contributed by atoms with E-state index in [2.05, 4.69) is 10.1 Å². The minimum atomic E-state index is -3.40. The molecule has 4 rings (SSSR count). The van der Waals surface area contributed by atoms with Gasteiger partial charge >= 0.3 is 0 Å². The standard InChI is InChI=1S/C16H21N3O4S2/c20-25(21,15-4-2-10-24-15)19-8-1-3-13(11-19)22-9-7-14-17-16(23-18-14)12-5-6-12/h2,4,10,12-13H,1,3,5-9,11H2. The Kier molecular flexibility index (Phi) is 4.90. The Bertz CT molecular complexity index is 799. The van der Waals surface area contributed by atoms with Crippen LogP contribution in [0.4, 0.5) is 0 Å². The smallest absolute Gasteiger partial charge is 0.252 e. The number of hydrogen-bond donors (Lipinski definition) is 0. The van der Waals surface area contributed by atoms with E-state index in [0.29, 0.717) is 42.1 Å². The molecule has 2 aliphatic rings. The zero-order valence-electron chi connectivity index (χ0n) is 13.8. The van der Waals surface area contributed by atoms with E-state index in [9.17, 15) is 8.42 Å². The second-order valence-corrected chi connectivity index (χ2v) is 9.62. The third kappa shape index (κ3) is 3.94. The van der Waals surface area contributed by atoms with Gasteiger partial charge in [0, 0.05) is 25.4 Å². The molecule has 0 amide bonds. The van der Waals surface area contributed by atoms with Crippen molar-refractivity contribution >= 4 is 21.4 Å². The van der Waals surface area contributed by atoms with E-state index in [1.54, 1.807) is 17.5 Å². The molecule has 1 atom stereocenters. The van der Waals surface area contributed by atoms with Crippen molar-refractivity contribution in [1.82, 2.24) is 14.4 Å². The molecule has 25 heavy (non-hydrogen) atoms. The minimum absolute atomic E-state index is 0.0849. The van der Waals surface area contributed by atoms with Crippen molar-refractivity contribution in [3.8, 4) is 0 Å². The third-order valence-corrected chi connectivity index (χ3v) is 7.76. The molecule has 7 nitrogen and oxygen atoms in total. The highest BCUT2D eigenvalue weighted by molar-refractivity contribution is 7.91. The van der Waals surface area contributed by atoms with E-state index in [4.69, 9.17) is 9.26 Å². The molecule has 2 aromatic rings. The van der Waals surface area contributed by atoms with Crippen molar-refractivity contribution in [1.29, 1.82) is 0 Å². The number of sulfonamides is 1. The highest BCUT2D eigenvalue weighted by Gasteiger charge is 2.32. The summed E-state index contributed by atoms with van der Waals surface area (Å²) in [4.78, 5) is 4.38. The molecule has 1 saturated carbocycles. The summed E-state index contributed by atoms with van der Waals surface area (Å²) in [6.07, 6.45) is 4.45. The molecule has 0 radical (unpaired) electrons. The normalized spacial score (nSPS) is 22.3. The lowest BCUT2D eigenvalue weighted by Gasteiger charge is -2.31. The minimum Gasteiger partial charge on any atom is -0.376 e. The number of rotatable bonds is 7. The summed E-state index contributed by atoms with van der Waals surface area (Å²) in [7, 11) is -3.40. The first-order chi connectivity index (χ1) is 12.1. The monoisotopic (exact) mass is 383 g/mol. The van der Waals surface area contributed by atoms with Gasteiger partial charge in [0.25, 0.3) is 10.0 Å². The number of piperidine rings is 1. The van der Waals surface area contributed by atoms with Crippen molar-refractivity contribution in [2.45, 2.75) is 48.3 Å². The molecule has 9 heteroatoms. The van der Waals surface area contributed by atoms with Crippen LogP contribution in [-0.4, -0.2) is 48.7 Å². The lowest BCUT2D eigenvalue weighted by molar-refractivity contribution is 0.0199. The van der Waals surface area contributed by atoms with Crippen LogP contribution in [0.25, 0.3) is 0 Å². The topological polar surface area (TPSA) is 85.5 Å². The summed E-state index contributed by atoms with van der Waals surface area (Å²) in [6.45, 7) is 1.43. The maximum atomic E-state index is 12.6. The Hall–Kier alpha value is -1.29. The van der Waals surface area contributed by atoms with Gasteiger partial charge in [0.15, 0.2) is 5.82 Å². The lowest BCUT2D eigenvalue weighted by Crippen LogP contribution is -2.43. The van der Waals surface area contributed by atoms with E-state index < -0.39 is 10.0 Å². The molecule has 0 aromatic carbocycles. The predicted octanol–water partition coefficient (Wildman–Crippen LogP) is 2.42. The van der Waals surface area contributed by atoms with E-state index >= 15 is 0 Å². The second-order valence-electron chi connectivity index (χ2n) is 6.50. The Labute approximate surface area is 151 Å². The number of thiophene rings is 1. The van der Waals surface area contributed by atoms with Gasteiger partial charge in [-0.05, 0) is 37.1 Å². The quantitative estimate of drug-likeness (QED) is 0.730. The molecule has 2 fully saturated rings. The van der Waals surface area contributed by atoms with Crippen LogP contribution in [0.2, 0.25) is 0 Å². The van der Waals surface area contributed by atoms with Gasteiger partial charge in [0.1, 0.15) is 4.21 Å². The SMILES string of the molecule is O=S(=O)(c1cccs1)N1CCCC(OCCc2noc(C3CC3)n2)C1. The summed E-state index contributed by atoms with van der Waals surface area (Å²) >= 11 is 1.25. The Morgan fingerprint density at radius 2 is 2.24 bits per heavy atom. The van der Waals surface area contributed by atoms with Gasteiger partial charge in [0.05, 0.1) is 12.7 Å². The largest absolute Gasteiger partial charge is 0.376 e. The summed E-state index contributed by atoms with van der Waals surface area (Å²) in [6, 6.07) is 3.41. The molecule has 0 N–H and O–H groups in total. The average Bonchev–Trinajstić information content (AvgIpc) is 3.12. The Morgan fingerprint density at radius 1 is 1.36 bits per heavy atom. The molecule has 3 heterocycles. The molecule has 1 aliphatic heterocycles. The fraction of sp³-hybridized carbons (Fsp3) is 0.625. The molecule has 1 saturated heterocycles. The zero-order chi connectivity index (χ0) is 17.3. The highest BCUT2D eigenvalue weighted by atomic mass is 32.2. The van der Waals surface area contributed by atoms with Gasteiger partial charge < -0.3 is 9.26 Å². The van der Waals surface area contributed by atoms with E-state index in [0.717, 1.165) is 31.6 Å². The molecule has 2 aromatic heterocycles. The molecule has 136 valence electrons. The molecule has 0 bridgehead atoms. The number of nitrogens with zero attached hydrogens (tertiary/aromatic N) is 3. The van der Waals surface area contributed by atoms with Crippen LogP contribution in [0.3, 0.4) is 0 Å². The van der Waals surface area contributed by atoms with Gasteiger partial charge in [0.2, 0.25) is 5.89 Å². The highest BCUT2D eigenvalue weighted by Crippen LogP contribution is 2.38. The van der Waals surface area contributed by atoms with Crippen LogP contribution in [0.5, 0.6) is 0 Å². The summed E-state index contributed by atoms with van der Waals surface area (Å²) < 4.78 is 38.3. The first-order valence-electron chi connectivity index (χ1n) is 8.60. The van der Waals surface area contributed by atoms with Gasteiger partial charge in [-0.15, -0.1) is 11.3 Å². The van der Waals surface area contributed by atoms with Gasteiger partial charge in [-0.1, -0.05) is 11.2 Å². The van der Waals surface area contributed by atoms with Crippen LogP contribution >= 0.6 is 11.3 Å². The van der Waals surface area contributed by atoms with Crippen molar-refractivity contribution in [2.24, 2.45) is 0 Å². The summed E-state index contributed by atoms with van der Waals surface area (Å²) in [5, 5.41) is 5.76. The molecular formula is C16H21N3O4S2. The van der Waals surface area contributed by atoms with E-state index in [-0.39, 0.29) is 6.10 Å². The van der Waals surface area contributed by atoms with Crippen molar-refractivity contribution in [3.63, 3.8) is 0 Å². The van der Waals surface area contributed by atoms with Crippen LogP contribution in [0.1, 0.15) is 43.3 Å². The second kappa shape index (κ2) is 7.14. The third-order valence-electron chi connectivity index (χ3n) is 4.52. The fourth-order valence-electron chi connectivity index (χ4n) is 2.98. The van der Waals surface area contributed by atoms with Crippen molar-refractivity contribution in [3.05, 3.63) is 29.2 Å². The van der Waals surface area contributed by atoms with Crippen molar-refractivity contribution in [2.75, 3.05) is 19.7 Å². The maximum absolute atomic E-state index is 12.6. The van der Waals surface area contributed by atoms with E-state index in [1.165, 1.54) is 15.6 Å². The molecule has 0 spiro atoms. The Morgan fingerprint density at radius 3 is 3.00 bits per heavy atom. The molecule has 1 aliphatic carbocycles. The summed E-state index contributed by atoms with van der Waals surface area (Å²) in [5.74, 6) is 1.86. The van der Waals surface area contributed by atoms with Crippen LogP contribution in [-0.2, 0) is 21.2 Å². The number of ether oxygens (including phenoxy) is 1. The fourth-order valence-corrected chi connectivity index (χ4v) is 5.63. The van der Waals surface area contributed by atoms with Gasteiger partial charge in [-0.2, -0.15) is 9.29 Å². The predicted molar refractivity (Wildman–Crippen MR) is 92.0 cm³/mol.